The molecule has 1 saturated carbocycles. The minimum absolute atomic E-state index is 0.0584. The van der Waals surface area contributed by atoms with Crippen LogP contribution in [0.1, 0.15) is 24.5 Å². The number of hydrogen-bond acceptors (Lipinski definition) is 4. The maximum atomic E-state index is 13.1. The zero-order valence-corrected chi connectivity index (χ0v) is 17.0. The number of carbonyl (C=O) groups is 2. The van der Waals surface area contributed by atoms with Crippen LogP contribution in [-0.2, 0) is 16.0 Å². The number of benzene rings is 2. The number of thiazole rings is 1. The lowest BCUT2D eigenvalue weighted by molar-refractivity contribution is -0.118. The highest BCUT2D eigenvalue weighted by molar-refractivity contribution is 7.22. The standard InChI is InChI=1S/C22H20FN3O2S/c1-11-3-6-18-14(7-8-26(18)12(2)27)20(11)13-4-5-17-19(9-13)29-22(24-17)25-21(28)15-10-16(15)23/h3-6,9,15-16H,7-8,10H2,1-2H3,(H,24,25,28)/t15-,16+/m1/s1. The predicted molar refractivity (Wildman–Crippen MR) is 113 cm³/mol. The van der Waals surface area contributed by atoms with Crippen molar-refractivity contribution in [1.29, 1.82) is 0 Å². The molecule has 0 spiro atoms. The summed E-state index contributed by atoms with van der Waals surface area (Å²) in [5, 5.41) is 3.24. The van der Waals surface area contributed by atoms with E-state index in [9.17, 15) is 14.0 Å². The van der Waals surface area contributed by atoms with Crippen molar-refractivity contribution < 1.29 is 14.0 Å². The van der Waals surface area contributed by atoms with E-state index < -0.39 is 12.1 Å². The predicted octanol–water partition coefficient (Wildman–Crippen LogP) is 4.48. The third kappa shape index (κ3) is 3.09. The van der Waals surface area contributed by atoms with Gasteiger partial charge in [0.15, 0.2) is 5.13 Å². The molecule has 1 fully saturated rings. The molecule has 0 unspecified atom stereocenters. The van der Waals surface area contributed by atoms with Crippen LogP contribution >= 0.6 is 11.3 Å². The molecular weight excluding hydrogens is 389 g/mol. The van der Waals surface area contributed by atoms with Crippen molar-refractivity contribution >= 4 is 44.2 Å². The van der Waals surface area contributed by atoms with Crippen LogP contribution < -0.4 is 10.2 Å². The lowest BCUT2D eigenvalue weighted by Gasteiger charge is -2.17. The second-order valence-corrected chi connectivity index (χ2v) is 8.76. The Labute approximate surface area is 171 Å². The molecule has 2 amide bonds. The summed E-state index contributed by atoms with van der Waals surface area (Å²) < 4.78 is 14.1. The Hall–Kier alpha value is -2.80. The van der Waals surface area contributed by atoms with E-state index in [1.54, 1.807) is 6.92 Å². The van der Waals surface area contributed by atoms with Gasteiger partial charge in [0.05, 0.1) is 16.1 Å². The normalized spacial score (nSPS) is 20.0. The van der Waals surface area contributed by atoms with Crippen LogP contribution in [0.4, 0.5) is 15.2 Å². The van der Waals surface area contributed by atoms with Gasteiger partial charge in [0.25, 0.3) is 0 Å². The molecule has 2 aromatic carbocycles. The molecule has 0 bridgehead atoms. The summed E-state index contributed by atoms with van der Waals surface area (Å²) in [5.74, 6) is -0.766. The molecule has 5 nitrogen and oxygen atoms in total. The summed E-state index contributed by atoms with van der Waals surface area (Å²) in [6.07, 6.45) is 0.115. The maximum absolute atomic E-state index is 13.1. The Morgan fingerprint density at radius 3 is 2.79 bits per heavy atom. The number of fused-ring (bicyclic) bond motifs is 2. The molecular formula is C22H20FN3O2S. The van der Waals surface area contributed by atoms with Crippen molar-refractivity contribution in [3.63, 3.8) is 0 Å². The molecule has 1 N–H and O–H groups in total. The smallest absolute Gasteiger partial charge is 0.232 e. The van der Waals surface area contributed by atoms with E-state index in [-0.39, 0.29) is 11.8 Å². The second-order valence-electron chi connectivity index (χ2n) is 7.72. The van der Waals surface area contributed by atoms with Crippen molar-refractivity contribution in [3.05, 3.63) is 41.5 Å². The van der Waals surface area contributed by atoms with Gasteiger partial charge in [0, 0.05) is 19.2 Å². The van der Waals surface area contributed by atoms with E-state index in [2.05, 4.69) is 29.4 Å². The van der Waals surface area contributed by atoms with Gasteiger partial charge in [-0.15, -0.1) is 0 Å². The highest BCUT2D eigenvalue weighted by Gasteiger charge is 2.43. The van der Waals surface area contributed by atoms with Crippen LogP contribution in [0.3, 0.4) is 0 Å². The van der Waals surface area contributed by atoms with Crippen LogP contribution in [0.2, 0.25) is 0 Å². The number of aryl methyl sites for hydroxylation is 1. The average Bonchev–Trinajstić information content (AvgIpc) is 3.09. The minimum Gasteiger partial charge on any atom is -0.312 e. The van der Waals surface area contributed by atoms with Crippen LogP contribution in [-0.4, -0.2) is 29.5 Å². The van der Waals surface area contributed by atoms with E-state index in [0.717, 1.165) is 39.0 Å². The highest BCUT2D eigenvalue weighted by atomic mass is 32.1. The number of nitrogens with one attached hydrogen (secondary N) is 1. The third-order valence-corrected chi connectivity index (χ3v) is 6.64. The van der Waals surface area contributed by atoms with Crippen molar-refractivity contribution in [2.45, 2.75) is 32.9 Å². The number of carbonyl (C=O) groups excluding carboxylic acids is 2. The van der Waals surface area contributed by atoms with Crippen molar-refractivity contribution in [1.82, 2.24) is 4.98 Å². The molecule has 29 heavy (non-hydrogen) atoms. The molecule has 1 aromatic heterocycles. The van der Waals surface area contributed by atoms with Crippen molar-refractivity contribution in [2.24, 2.45) is 5.92 Å². The largest absolute Gasteiger partial charge is 0.312 e. The monoisotopic (exact) mass is 409 g/mol. The Morgan fingerprint density at radius 1 is 1.28 bits per heavy atom. The number of halogens is 1. The number of aromatic nitrogens is 1. The molecule has 0 saturated heterocycles. The summed E-state index contributed by atoms with van der Waals surface area (Å²) in [6.45, 7) is 4.38. The van der Waals surface area contributed by atoms with E-state index in [0.29, 0.717) is 18.1 Å². The fourth-order valence-corrected chi connectivity index (χ4v) is 5.01. The van der Waals surface area contributed by atoms with Gasteiger partial charge in [-0.25, -0.2) is 9.37 Å². The first-order chi connectivity index (χ1) is 13.9. The van der Waals surface area contributed by atoms with Gasteiger partial charge in [-0.3, -0.25) is 9.59 Å². The first-order valence-corrected chi connectivity index (χ1v) is 10.5. The highest BCUT2D eigenvalue weighted by Crippen LogP contribution is 2.40. The Kier molecular flexibility index (Phi) is 4.17. The van der Waals surface area contributed by atoms with Crippen LogP contribution in [0.5, 0.6) is 0 Å². The number of anilines is 2. The van der Waals surface area contributed by atoms with E-state index >= 15 is 0 Å². The molecule has 2 atom stereocenters. The summed E-state index contributed by atoms with van der Waals surface area (Å²) in [5.41, 5.74) is 6.38. The zero-order chi connectivity index (χ0) is 20.3. The Morgan fingerprint density at radius 2 is 2.07 bits per heavy atom. The maximum Gasteiger partial charge on any atom is 0.232 e. The van der Waals surface area contributed by atoms with Crippen molar-refractivity contribution in [3.8, 4) is 11.1 Å². The molecule has 2 heterocycles. The molecule has 1 aliphatic carbocycles. The number of hydrogen-bond donors (Lipinski definition) is 1. The zero-order valence-electron chi connectivity index (χ0n) is 16.2. The van der Waals surface area contributed by atoms with Gasteiger partial charge in [-0.05, 0) is 60.2 Å². The van der Waals surface area contributed by atoms with Gasteiger partial charge in [-0.1, -0.05) is 23.5 Å². The molecule has 7 heteroatoms. The van der Waals surface area contributed by atoms with E-state index in [4.69, 9.17) is 0 Å². The summed E-state index contributed by atoms with van der Waals surface area (Å²) in [7, 11) is 0. The quantitative estimate of drug-likeness (QED) is 0.694. The fourth-order valence-electron chi connectivity index (χ4n) is 4.10. The summed E-state index contributed by atoms with van der Waals surface area (Å²) >= 11 is 1.40. The number of amides is 2. The Bertz CT molecular complexity index is 1170. The number of rotatable bonds is 3. The van der Waals surface area contributed by atoms with Crippen LogP contribution in [0.25, 0.3) is 21.3 Å². The van der Waals surface area contributed by atoms with Gasteiger partial charge in [0.2, 0.25) is 11.8 Å². The Balaban J connectivity index is 1.51. The molecule has 1 aliphatic heterocycles. The first-order valence-electron chi connectivity index (χ1n) is 9.69. The first kappa shape index (κ1) is 18.2. The fraction of sp³-hybridized carbons (Fsp3) is 0.318. The molecule has 148 valence electrons. The number of alkyl halides is 1. The molecule has 5 rings (SSSR count). The SMILES string of the molecule is CC(=O)N1CCc2c1ccc(C)c2-c1ccc2nc(NC(=O)[C@@H]3C[C@@H]3F)sc2c1. The average molecular weight is 409 g/mol. The minimum atomic E-state index is -1.02. The van der Waals surface area contributed by atoms with E-state index in [1.165, 1.54) is 16.9 Å². The molecule has 2 aliphatic rings. The van der Waals surface area contributed by atoms with Gasteiger partial charge in [0.1, 0.15) is 6.17 Å². The topological polar surface area (TPSA) is 62.3 Å². The second kappa shape index (κ2) is 6.62. The third-order valence-electron chi connectivity index (χ3n) is 5.71. The summed E-state index contributed by atoms with van der Waals surface area (Å²) in [4.78, 5) is 30.2. The lowest BCUT2D eigenvalue weighted by atomic mass is 9.93. The van der Waals surface area contributed by atoms with Crippen LogP contribution in [0, 0.1) is 12.8 Å². The number of nitrogens with zero attached hydrogens (tertiary/aromatic N) is 2. The summed E-state index contributed by atoms with van der Waals surface area (Å²) in [6, 6.07) is 10.1. The lowest BCUT2D eigenvalue weighted by Crippen LogP contribution is -2.25. The van der Waals surface area contributed by atoms with Crippen molar-refractivity contribution in [2.75, 3.05) is 16.8 Å². The van der Waals surface area contributed by atoms with Crippen LogP contribution in [0.15, 0.2) is 30.3 Å². The molecule has 0 radical (unpaired) electrons. The van der Waals surface area contributed by atoms with E-state index in [1.807, 2.05) is 23.1 Å². The van der Waals surface area contributed by atoms with Gasteiger partial charge in [-0.2, -0.15) is 0 Å². The van der Waals surface area contributed by atoms with Gasteiger partial charge >= 0.3 is 0 Å². The molecule has 3 aromatic rings. The van der Waals surface area contributed by atoms with Gasteiger partial charge < -0.3 is 10.2 Å².